The van der Waals surface area contributed by atoms with E-state index in [0.29, 0.717) is 5.84 Å². The maximum absolute atomic E-state index is 8.64. The largest absolute Gasteiger partial charge is 0.333 e. The molecule has 1 N–H and O–H groups in total. The second-order valence-corrected chi connectivity index (χ2v) is 3.46. The lowest BCUT2D eigenvalue weighted by Crippen LogP contribution is -2.35. The number of hydrogen-bond donors (Lipinski definition) is 1. The molecule has 1 aliphatic rings. The SMILES string of the molecule is N#C[C@@H]1CSCN1C(=N)CCl. The van der Waals surface area contributed by atoms with E-state index in [-0.39, 0.29) is 11.9 Å². The Kier molecular flexibility index (Phi) is 3.03. The van der Waals surface area contributed by atoms with Crippen LogP contribution in [0.15, 0.2) is 0 Å². The third-order valence-corrected chi connectivity index (χ3v) is 2.77. The van der Waals surface area contributed by atoms with Crippen molar-refractivity contribution in [1.82, 2.24) is 4.90 Å². The van der Waals surface area contributed by atoms with Gasteiger partial charge in [0.15, 0.2) is 0 Å². The second kappa shape index (κ2) is 3.84. The van der Waals surface area contributed by atoms with Gasteiger partial charge < -0.3 is 4.90 Å². The van der Waals surface area contributed by atoms with Crippen LogP contribution >= 0.6 is 23.4 Å². The summed E-state index contributed by atoms with van der Waals surface area (Å²) in [4.78, 5) is 1.73. The van der Waals surface area contributed by atoms with Gasteiger partial charge in [-0.15, -0.1) is 23.4 Å². The summed E-state index contributed by atoms with van der Waals surface area (Å²) in [6.07, 6.45) is 0. The zero-order valence-corrected chi connectivity index (χ0v) is 7.45. The van der Waals surface area contributed by atoms with Crippen LogP contribution in [0.1, 0.15) is 0 Å². The predicted molar refractivity (Wildman–Crippen MR) is 47.0 cm³/mol. The average Bonchev–Trinajstić information content (AvgIpc) is 2.50. The fourth-order valence-corrected chi connectivity index (χ4v) is 2.16. The summed E-state index contributed by atoms with van der Waals surface area (Å²) in [5, 5.41) is 16.0. The van der Waals surface area contributed by atoms with Gasteiger partial charge in [-0.25, -0.2) is 0 Å². The van der Waals surface area contributed by atoms with Crippen molar-refractivity contribution in [3.63, 3.8) is 0 Å². The summed E-state index contributed by atoms with van der Waals surface area (Å²) in [5.74, 6) is 2.06. The van der Waals surface area contributed by atoms with Crippen molar-refractivity contribution in [2.45, 2.75) is 6.04 Å². The summed E-state index contributed by atoms with van der Waals surface area (Å²) in [6.45, 7) is 0. The second-order valence-electron chi connectivity index (χ2n) is 2.19. The zero-order valence-electron chi connectivity index (χ0n) is 5.88. The van der Waals surface area contributed by atoms with Gasteiger partial charge in [-0.05, 0) is 0 Å². The Morgan fingerprint density at radius 3 is 3.18 bits per heavy atom. The maximum atomic E-state index is 8.64. The highest BCUT2D eigenvalue weighted by Crippen LogP contribution is 2.20. The Hall–Kier alpha value is -0.400. The molecule has 1 fully saturated rings. The first-order valence-electron chi connectivity index (χ1n) is 3.17. The highest BCUT2D eigenvalue weighted by molar-refractivity contribution is 7.99. The van der Waals surface area contributed by atoms with E-state index in [1.165, 1.54) is 0 Å². The van der Waals surface area contributed by atoms with Gasteiger partial charge in [-0.2, -0.15) is 5.26 Å². The Bertz CT molecular complexity index is 200. The maximum Gasteiger partial charge on any atom is 0.127 e. The lowest BCUT2D eigenvalue weighted by molar-refractivity contribution is 0.466. The van der Waals surface area contributed by atoms with Crippen molar-refractivity contribution in [3.8, 4) is 6.07 Å². The molecule has 11 heavy (non-hydrogen) atoms. The number of halogens is 1. The van der Waals surface area contributed by atoms with E-state index in [0.717, 1.165) is 11.6 Å². The first kappa shape index (κ1) is 8.69. The molecule has 1 atom stereocenters. The molecule has 0 aromatic rings. The van der Waals surface area contributed by atoms with Crippen LogP contribution in [0.4, 0.5) is 0 Å². The summed E-state index contributed by atoms with van der Waals surface area (Å²) < 4.78 is 0. The van der Waals surface area contributed by atoms with Crippen molar-refractivity contribution in [3.05, 3.63) is 0 Å². The van der Waals surface area contributed by atoms with Crippen molar-refractivity contribution in [1.29, 1.82) is 10.7 Å². The highest BCUT2D eigenvalue weighted by Gasteiger charge is 2.25. The minimum absolute atomic E-state index is 0.147. The van der Waals surface area contributed by atoms with Gasteiger partial charge in [0.1, 0.15) is 11.9 Å². The number of nitriles is 1. The minimum Gasteiger partial charge on any atom is -0.333 e. The van der Waals surface area contributed by atoms with Crippen LogP contribution in [-0.2, 0) is 0 Å². The molecule has 3 nitrogen and oxygen atoms in total. The Morgan fingerprint density at radius 1 is 1.91 bits per heavy atom. The van der Waals surface area contributed by atoms with Gasteiger partial charge in [0.2, 0.25) is 0 Å². The zero-order chi connectivity index (χ0) is 8.27. The third kappa shape index (κ3) is 1.79. The Labute approximate surface area is 74.8 Å². The van der Waals surface area contributed by atoms with E-state index in [4.69, 9.17) is 22.3 Å². The van der Waals surface area contributed by atoms with E-state index in [1.54, 1.807) is 16.7 Å². The van der Waals surface area contributed by atoms with Gasteiger partial charge in [-0.3, -0.25) is 5.41 Å². The quantitative estimate of drug-likeness (QED) is 0.382. The van der Waals surface area contributed by atoms with E-state index in [1.807, 2.05) is 0 Å². The average molecular weight is 190 g/mol. The molecular weight excluding hydrogens is 182 g/mol. The molecule has 0 aromatic heterocycles. The summed E-state index contributed by atoms with van der Waals surface area (Å²) in [6, 6.07) is 1.99. The Morgan fingerprint density at radius 2 is 2.64 bits per heavy atom. The molecule has 0 saturated carbocycles. The molecule has 1 aliphatic heterocycles. The van der Waals surface area contributed by atoms with E-state index < -0.39 is 0 Å². The number of hydrogen-bond acceptors (Lipinski definition) is 3. The number of nitrogens with one attached hydrogen (secondary N) is 1. The Balaban J connectivity index is 2.58. The predicted octanol–water partition coefficient (Wildman–Crippen LogP) is 1.10. The van der Waals surface area contributed by atoms with Gasteiger partial charge in [0.05, 0.1) is 17.8 Å². The molecular formula is C6H8ClN3S. The molecule has 1 rings (SSSR count). The smallest absolute Gasteiger partial charge is 0.127 e. The number of thioether (sulfide) groups is 1. The molecule has 0 spiro atoms. The van der Waals surface area contributed by atoms with E-state index >= 15 is 0 Å². The summed E-state index contributed by atoms with van der Waals surface area (Å²) in [7, 11) is 0. The molecule has 0 unspecified atom stereocenters. The minimum atomic E-state index is -0.147. The molecule has 1 saturated heterocycles. The van der Waals surface area contributed by atoms with Crippen LogP contribution < -0.4 is 0 Å². The van der Waals surface area contributed by atoms with Gasteiger partial charge in [0, 0.05) is 5.75 Å². The van der Waals surface area contributed by atoms with Crippen molar-refractivity contribution in [2.75, 3.05) is 17.5 Å². The topological polar surface area (TPSA) is 50.9 Å². The standard InChI is InChI=1S/C6H8ClN3S/c7-1-6(9)10-4-11-3-5(10)2-8/h5,9H,1,3-4H2/t5-/m1/s1. The molecule has 1 heterocycles. The molecule has 0 amide bonds. The molecule has 0 aliphatic carbocycles. The molecule has 0 radical (unpaired) electrons. The lowest BCUT2D eigenvalue weighted by atomic mass is 10.3. The van der Waals surface area contributed by atoms with Crippen LogP contribution in [0, 0.1) is 16.7 Å². The van der Waals surface area contributed by atoms with Crippen molar-refractivity contribution >= 4 is 29.2 Å². The normalized spacial score (nSPS) is 23.3. The van der Waals surface area contributed by atoms with Crippen LogP contribution in [0.2, 0.25) is 0 Å². The van der Waals surface area contributed by atoms with Gasteiger partial charge in [0.25, 0.3) is 0 Å². The van der Waals surface area contributed by atoms with Crippen LogP contribution in [-0.4, -0.2) is 34.3 Å². The van der Waals surface area contributed by atoms with Crippen LogP contribution in [0.5, 0.6) is 0 Å². The summed E-state index contributed by atoms with van der Waals surface area (Å²) in [5.41, 5.74) is 0. The fraction of sp³-hybridized carbons (Fsp3) is 0.667. The number of rotatable bonds is 1. The van der Waals surface area contributed by atoms with Crippen LogP contribution in [0.3, 0.4) is 0 Å². The van der Waals surface area contributed by atoms with Gasteiger partial charge in [-0.1, -0.05) is 0 Å². The van der Waals surface area contributed by atoms with E-state index in [9.17, 15) is 0 Å². The number of nitrogens with zero attached hydrogens (tertiary/aromatic N) is 2. The molecule has 60 valence electrons. The molecule has 0 bridgehead atoms. The molecule has 5 heteroatoms. The van der Waals surface area contributed by atoms with E-state index in [2.05, 4.69) is 6.07 Å². The molecule has 0 aromatic carbocycles. The number of amidine groups is 1. The third-order valence-electron chi connectivity index (χ3n) is 1.50. The van der Waals surface area contributed by atoms with Crippen molar-refractivity contribution in [2.24, 2.45) is 0 Å². The van der Waals surface area contributed by atoms with Crippen LogP contribution in [0.25, 0.3) is 0 Å². The van der Waals surface area contributed by atoms with Crippen molar-refractivity contribution < 1.29 is 0 Å². The first-order chi connectivity index (χ1) is 5.29. The van der Waals surface area contributed by atoms with Gasteiger partial charge >= 0.3 is 0 Å². The highest BCUT2D eigenvalue weighted by atomic mass is 35.5. The number of alkyl halides is 1. The lowest BCUT2D eigenvalue weighted by Gasteiger charge is -2.19. The summed E-state index contributed by atoms with van der Waals surface area (Å²) >= 11 is 7.13. The monoisotopic (exact) mass is 189 g/mol. The fourth-order valence-electron chi connectivity index (χ4n) is 0.892. The first-order valence-corrected chi connectivity index (χ1v) is 4.86.